The monoisotopic (exact) mass is 332 g/mol. The molecule has 6 nitrogen and oxygen atoms in total. The Hall–Kier alpha value is -2.28. The van der Waals surface area contributed by atoms with Crippen molar-refractivity contribution in [2.24, 2.45) is 0 Å². The summed E-state index contributed by atoms with van der Waals surface area (Å²) in [5.74, 6) is 0.845. The second-order valence-electron chi connectivity index (χ2n) is 5.99. The van der Waals surface area contributed by atoms with Gasteiger partial charge in [0.2, 0.25) is 5.89 Å². The molecule has 1 fully saturated rings. The van der Waals surface area contributed by atoms with Crippen molar-refractivity contribution in [2.45, 2.75) is 26.8 Å². The van der Waals surface area contributed by atoms with Gasteiger partial charge in [-0.05, 0) is 24.6 Å². The number of hydrogen-bond donors (Lipinski definition) is 0. The molecule has 7 heteroatoms. The number of carbonyl (C=O) groups excluding carboxylic acids is 1. The molecule has 0 atom stereocenters. The Morgan fingerprint density at radius 2 is 2.04 bits per heavy atom. The SMILES string of the molecule is CCc1nc(CN2CCN(C(=O)c3ccc(C)c(F)c3)CC2)no1. The van der Waals surface area contributed by atoms with E-state index in [-0.39, 0.29) is 11.7 Å². The number of carbonyl (C=O) groups is 1. The van der Waals surface area contributed by atoms with E-state index in [0.717, 1.165) is 19.5 Å². The van der Waals surface area contributed by atoms with Gasteiger partial charge >= 0.3 is 0 Å². The molecule has 1 aliphatic rings. The zero-order valence-electron chi connectivity index (χ0n) is 14.0. The van der Waals surface area contributed by atoms with E-state index in [9.17, 15) is 9.18 Å². The van der Waals surface area contributed by atoms with Crippen molar-refractivity contribution in [1.29, 1.82) is 0 Å². The molecular weight excluding hydrogens is 311 g/mol. The van der Waals surface area contributed by atoms with Crippen LogP contribution >= 0.6 is 0 Å². The number of nitrogens with zero attached hydrogens (tertiary/aromatic N) is 4. The van der Waals surface area contributed by atoms with Gasteiger partial charge < -0.3 is 9.42 Å². The smallest absolute Gasteiger partial charge is 0.254 e. The first kappa shape index (κ1) is 16.6. The maximum atomic E-state index is 13.6. The highest BCUT2D eigenvalue weighted by molar-refractivity contribution is 5.94. The molecule has 1 saturated heterocycles. The van der Waals surface area contributed by atoms with Gasteiger partial charge in [0.1, 0.15) is 5.82 Å². The summed E-state index contributed by atoms with van der Waals surface area (Å²) in [5, 5.41) is 3.95. The van der Waals surface area contributed by atoms with Crippen molar-refractivity contribution in [3.8, 4) is 0 Å². The summed E-state index contributed by atoms with van der Waals surface area (Å²) in [6, 6.07) is 4.63. The summed E-state index contributed by atoms with van der Waals surface area (Å²) in [6.07, 6.45) is 0.725. The summed E-state index contributed by atoms with van der Waals surface area (Å²) in [6.45, 7) is 6.94. The van der Waals surface area contributed by atoms with Gasteiger partial charge in [-0.3, -0.25) is 9.69 Å². The van der Waals surface area contributed by atoms with E-state index in [1.165, 1.54) is 6.07 Å². The van der Waals surface area contributed by atoms with Gasteiger partial charge in [0, 0.05) is 38.2 Å². The van der Waals surface area contributed by atoms with Crippen LogP contribution in [0, 0.1) is 12.7 Å². The molecule has 1 aliphatic heterocycles. The number of amides is 1. The summed E-state index contributed by atoms with van der Waals surface area (Å²) >= 11 is 0. The number of benzene rings is 1. The van der Waals surface area contributed by atoms with Crippen molar-refractivity contribution in [3.63, 3.8) is 0 Å². The van der Waals surface area contributed by atoms with Gasteiger partial charge in [-0.15, -0.1) is 0 Å². The Bertz CT molecular complexity index is 723. The van der Waals surface area contributed by atoms with Crippen molar-refractivity contribution >= 4 is 5.91 Å². The second-order valence-corrected chi connectivity index (χ2v) is 5.99. The Morgan fingerprint density at radius 3 is 2.67 bits per heavy atom. The highest BCUT2D eigenvalue weighted by Crippen LogP contribution is 2.14. The van der Waals surface area contributed by atoms with E-state index < -0.39 is 0 Å². The Morgan fingerprint density at radius 1 is 1.29 bits per heavy atom. The number of aromatic nitrogens is 2. The van der Waals surface area contributed by atoms with Crippen LogP contribution in [0.5, 0.6) is 0 Å². The number of rotatable bonds is 4. The fourth-order valence-electron chi connectivity index (χ4n) is 2.72. The number of piperazine rings is 1. The molecule has 0 aliphatic carbocycles. The lowest BCUT2D eigenvalue weighted by atomic mass is 10.1. The molecule has 1 amide bonds. The van der Waals surface area contributed by atoms with Gasteiger partial charge in [-0.1, -0.05) is 18.1 Å². The quantitative estimate of drug-likeness (QED) is 0.857. The summed E-state index contributed by atoms with van der Waals surface area (Å²) in [7, 11) is 0. The van der Waals surface area contributed by atoms with Crippen LogP contribution in [0.4, 0.5) is 4.39 Å². The predicted octanol–water partition coefficient (Wildman–Crippen LogP) is 2.04. The standard InChI is InChI=1S/C17H21FN4O2/c1-3-16-19-15(20-24-16)11-21-6-8-22(9-7-21)17(23)13-5-4-12(2)14(18)10-13/h4-5,10H,3,6-9,11H2,1-2H3. The molecule has 2 aromatic rings. The maximum Gasteiger partial charge on any atom is 0.254 e. The third-order valence-corrected chi connectivity index (χ3v) is 4.26. The van der Waals surface area contributed by atoms with Crippen LogP contribution in [-0.2, 0) is 13.0 Å². The van der Waals surface area contributed by atoms with Crippen LogP contribution < -0.4 is 0 Å². The van der Waals surface area contributed by atoms with E-state index in [2.05, 4.69) is 15.0 Å². The van der Waals surface area contributed by atoms with Gasteiger partial charge in [-0.2, -0.15) is 4.98 Å². The van der Waals surface area contributed by atoms with Gasteiger partial charge in [0.05, 0.1) is 6.54 Å². The average molecular weight is 332 g/mol. The summed E-state index contributed by atoms with van der Waals surface area (Å²) in [4.78, 5) is 20.7. The van der Waals surface area contributed by atoms with Crippen LogP contribution in [0.2, 0.25) is 0 Å². The van der Waals surface area contributed by atoms with Crippen molar-refractivity contribution in [1.82, 2.24) is 19.9 Å². The number of halogens is 1. The van der Waals surface area contributed by atoms with Crippen LogP contribution in [0.3, 0.4) is 0 Å². The number of aryl methyl sites for hydroxylation is 2. The third-order valence-electron chi connectivity index (χ3n) is 4.26. The lowest BCUT2D eigenvalue weighted by Crippen LogP contribution is -2.48. The lowest BCUT2D eigenvalue weighted by Gasteiger charge is -2.34. The van der Waals surface area contributed by atoms with Crippen LogP contribution in [0.1, 0.15) is 34.6 Å². The van der Waals surface area contributed by atoms with Crippen LogP contribution in [0.15, 0.2) is 22.7 Å². The zero-order chi connectivity index (χ0) is 17.1. The Labute approximate surface area is 140 Å². The largest absolute Gasteiger partial charge is 0.339 e. The minimum absolute atomic E-state index is 0.124. The average Bonchev–Trinajstić information content (AvgIpc) is 3.05. The Kier molecular flexibility index (Phi) is 4.89. The van der Waals surface area contributed by atoms with Gasteiger partial charge in [-0.25, -0.2) is 4.39 Å². The normalized spacial score (nSPS) is 15.7. The first-order valence-corrected chi connectivity index (χ1v) is 8.16. The van der Waals surface area contributed by atoms with E-state index >= 15 is 0 Å². The lowest BCUT2D eigenvalue weighted by molar-refractivity contribution is 0.0624. The molecule has 0 saturated carbocycles. The highest BCUT2D eigenvalue weighted by Gasteiger charge is 2.23. The molecule has 0 spiro atoms. The predicted molar refractivity (Wildman–Crippen MR) is 86.0 cm³/mol. The Balaban J connectivity index is 1.56. The summed E-state index contributed by atoms with van der Waals surface area (Å²) < 4.78 is 18.7. The first-order valence-electron chi connectivity index (χ1n) is 8.16. The number of hydrogen-bond acceptors (Lipinski definition) is 5. The minimum atomic E-state index is -0.344. The van der Waals surface area contributed by atoms with E-state index in [1.807, 2.05) is 6.92 Å². The van der Waals surface area contributed by atoms with E-state index in [4.69, 9.17) is 4.52 Å². The van der Waals surface area contributed by atoms with Crippen LogP contribution in [-0.4, -0.2) is 52.0 Å². The maximum absolute atomic E-state index is 13.6. The molecule has 0 unspecified atom stereocenters. The molecule has 128 valence electrons. The molecule has 1 aromatic carbocycles. The van der Waals surface area contributed by atoms with E-state index in [1.54, 1.807) is 24.0 Å². The summed E-state index contributed by atoms with van der Waals surface area (Å²) in [5.41, 5.74) is 0.945. The van der Waals surface area contributed by atoms with E-state index in [0.29, 0.717) is 42.5 Å². The molecule has 3 rings (SSSR count). The van der Waals surface area contributed by atoms with Crippen molar-refractivity contribution < 1.29 is 13.7 Å². The van der Waals surface area contributed by atoms with Crippen molar-refractivity contribution in [2.75, 3.05) is 26.2 Å². The highest BCUT2D eigenvalue weighted by atomic mass is 19.1. The molecule has 0 radical (unpaired) electrons. The fraction of sp³-hybridized carbons (Fsp3) is 0.471. The van der Waals surface area contributed by atoms with Gasteiger partial charge in [0.25, 0.3) is 5.91 Å². The molecule has 0 N–H and O–H groups in total. The minimum Gasteiger partial charge on any atom is -0.339 e. The molecule has 24 heavy (non-hydrogen) atoms. The van der Waals surface area contributed by atoms with Crippen molar-refractivity contribution in [3.05, 3.63) is 46.9 Å². The fourth-order valence-corrected chi connectivity index (χ4v) is 2.72. The third kappa shape index (κ3) is 3.62. The molecular formula is C17H21FN4O2. The van der Waals surface area contributed by atoms with Crippen LogP contribution in [0.25, 0.3) is 0 Å². The zero-order valence-corrected chi connectivity index (χ0v) is 14.0. The molecule has 2 heterocycles. The topological polar surface area (TPSA) is 62.5 Å². The van der Waals surface area contributed by atoms with Gasteiger partial charge in [0.15, 0.2) is 5.82 Å². The first-order chi connectivity index (χ1) is 11.6. The molecule has 0 bridgehead atoms. The second kappa shape index (κ2) is 7.09. The molecule has 1 aromatic heterocycles.